The molecule has 5 heteroatoms. The molecule has 0 fully saturated rings. The molecule has 16 heavy (non-hydrogen) atoms. The lowest BCUT2D eigenvalue weighted by Gasteiger charge is -2.11. The Morgan fingerprint density at radius 2 is 2.31 bits per heavy atom. The van der Waals surface area contributed by atoms with E-state index < -0.39 is 0 Å². The number of aromatic hydroxyl groups is 1. The van der Waals surface area contributed by atoms with E-state index >= 15 is 0 Å². The average molecular weight is 239 g/mol. The number of rotatable bonds is 3. The van der Waals surface area contributed by atoms with Crippen LogP contribution in [0.2, 0.25) is 0 Å². The van der Waals surface area contributed by atoms with Gasteiger partial charge in [-0.05, 0) is 24.9 Å². The van der Waals surface area contributed by atoms with E-state index in [-0.39, 0.29) is 16.6 Å². The van der Waals surface area contributed by atoms with Gasteiger partial charge < -0.3 is 15.3 Å². The standard InChI is InChI=1S/C11H13NO3S/c1-6(2-3-12)7-4-9-10(5-8(7)13)16-11(14)15-9/h4-6,13H,2-3,12H2,1H3. The maximum absolute atomic E-state index is 11.1. The topological polar surface area (TPSA) is 76.5 Å². The predicted molar refractivity (Wildman–Crippen MR) is 64.1 cm³/mol. The molecule has 0 saturated carbocycles. The molecule has 0 bridgehead atoms. The minimum Gasteiger partial charge on any atom is -0.508 e. The molecule has 0 saturated heterocycles. The number of hydrogen-bond acceptors (Lipinski definition) is 5. The number of fused-ring (bicyclic) bond motifs is 1. The third-order valence-corrected chi connectivity index (χ3v) is 3.40. The molecule has 1 unspecified atom stereocenters. The fourth-order valence-corrected chi connectivity index (χ4v) is 2.41. The summed E-state index contributed by atoms with van der Waals surface area (Å²) in [6.07, 6.45) is 0.785. The van der Waals surface area contributed by atoms with Gasteiger partial charge in [0.1, 0.15) is 11.3 Å². The molecule has 2 aromatic rings. The molecule has 0 aliphatic carbocycles. The first-order valence-electron chi connectivity index (χ1n) is 5.08. The Hall–Kier alpha value is -1.33. The molecule has 86 valence electrons. The van der Waals surface area contributed by atoms with E-state index in [1.54, 1.807) is 12.1 Å². The molecule has 1 aromatic carbocycles. The zero-order valence-electron chi connectivity index (χ0n) is 8.90. The minimum absolute atomic E-state index is 0.152. The molecule has 2 rings (SSSR count). The lowest BCUT2D eigenvalue weighted by atomic mass is 9.97. The smallest absolute Gasteiger partial charge is 0.396 e. The van der Waals surface area contributed by atoms with Gasteiger partial charge in [-0.25, -0.2) is 4.79 Å². The number of nitrogens with two attached hydrogens (primary N) is 1. The monoisotopic (exact) mass is 239 g/mol. The van der Waals surface area contributed by atoms with Crippen molar-refractivity contribution in [3.8, 4) is 5.75 Å². The van der Waals surface area contributed by atoms with Gasteiger partial charge in [0.05, 0.1) is 4.70 Å². The molecule has 0 radical (unpaired) electrons. The maximum atomic E-state index is 11.1. The van der Waals surface area contributed by atoms with E-state index in [1.807, 2.05) is 6.92 Å². The lowest BCUT2D eigenvalue weighted by Crippen LogP contribution is -2.04. The van der Waals surface area contributed by atoms with Gasteiger partial charge in [-0.15, -0.1) is 0 Å². The molecule has 0 amide bonds. The fourth-order valence-electron chi connectivity index (χ4n) is 1.73. The van der Waals surface area contributed by atoms with Crippen LogP contribution < -0.4 is 10.7 Å². The van der Waals surface area contributed by atoms with Crippen molar-refractivity contribution in [3.63, 3.8) is 0 Å². The van der Waals surface area contributed by atoms with E-state index in [2.05, 4.69) is 0 Å². The van der Waals surface area contributed by atoms with E-state index in [9.17, 15) is 9.90 Å². The predicted octanol–water partition coefficient (Wildman–Crippen LogP) is 2.01. The van der Waals surface area contributed by atoms with Crippen LogP contribution in [-0.4, -0.2) is 11.7 Å². The average Bonchev–Trinajstić information content (AvgIpc) is 2.56. The first-order chi connectivity index (χ1) is 7.61. The van der Waals surface area contributed by atoms with Crippen LogP contribution >= 0.6 is 11.3 Å². The van der Waals surface area contributed by atoms with Crippen molar-refractivity contribution in [2.45, 2.75) is 19.3 Å². The fraction of sp³-hybridized carbons (Fsp3) is 0.364. The normalized spacial score (nSPS) is 13.1. The largest absolute Gasteiger partial charge is 0.508 e. The molecule has 3 N–H and O–H groups in total. The highest BCUT2D eigenvalue weighted by Gasteiger charge is 2.13. The van der Waals surface area contributed by atoms with Crippen molar-refractivity contribution in [1.29, 1.82) is 0 Å². The number of phenols is 1. The number of hydrogen-bond donors (Lipinski definition) is 2. The highest BCUT2D eigenvalue weighted by molar-refractivity contribution is 7.16. The Morgan fingerprint density at radius 3 is 3.00 bits per heavy atom. The van der Waals surface area contributed by atoms with Gasteiger partial charge in [0, 0.05) is 11.6 Å². The number of benzene rings is 1. The second-order valence-electron chi connectivity index (χ2n) is 3.79. The Labute approximate surface area is 96.3 Å². The van der Waals surface area contributed by atoms with Crippen LogP contribution in [-0.2, 0) is 0 Å². The quantitative estimate of drug-likeness (QED) is 0.859. The van der Waals surface area contributed by atoms with Crippen molar-refractivity contribution >= 4 is 21.6 Å². The summed E-state index contributed by atoms with van der Waals surface area (Å²) in [6, 6.07) is 3.30. The lowest BCUT2D eigenvalue weighted by molar-refractivity contribution is 0.461. The first kappa shape index (κ1) is 11.2. The van der Waals surface area contributed by atoms with Crippen LogP contribution in [0.25, 0.3) is 10.3 Å². The van der Waals surface area contributed by atoms with Crippen LogP contribution in [0.15, 0.2) is 21.3 Å². The van der Waals surface area contributed by atoms with Crippen LogP contribution in [0.4, 0.5) is 0 Å². The van der Waals surface area contributed by atoms with Gasteiger partial charge in [-0.2, -0.15) is 0 Å². The summed E-state index contributed by atoms with van der Waals surface area (Å²) in [5.74, 6) is 0.352. The highest BCUT2D eigenvalue weighted by Crippen LogP contribution is 2.32. The van der Waals surface area contributed by atoms with Gasteiger partial charge in [0.2, 0.25) is 0 Å². The third kappa shape index (κ3) is 1.96. The summed E-state index contributed by atoms with van der Waals surface area (Å²) in [4.78, 5) is 10.7. The van der Waals surface area contributed by atoms with E-state index in [0.29, 0.717) is 16.8 Å². The molecule has 1 heterocycles. The molecular weight excluding hydrogens is 226 g/mol. The summed E-state index contributed by atoms with van der Waals surface area (Å²) < 4.78 is 5.68. The van der Waals surface area contributed by atoms with Crippen molar-refractivity contribution < 1.29 is 9.52 Å². The summed E-state index contributed by atoms with van der Waals surface area (Å²) in [5, 5.41) is 9.84. The molecular formula is C11H13NO3S. The highest BCUT2D eigenvalue weighted by atomic mass is 32.1. The van der Waals surface area contributed by atoms with Crippen LogP contribution in [0.1, 0.15) is 24.8 Å². The zero-order valence-corrected chi connectivity index (χ0v) is 9.71. The molecule has 0 spiro atoms. The van der Waals surface area contributed by atoms with Gasteiger partial charge in [-0.3, -0.25) is 0 Å². The Balaban J connectivity index is 2.52. The SMILES string of the molecule is CC(CCN)c1cc2oc(=O)sc2cc1O. The van der Waals surface area contributed by atoms with Gasteiger partial charge in [0.15, 0.2) is 0 Å². The summed E-state index contributed by atoms with van der Waals surface area (Å²) in [6.45, 7) is 2.55. The van der Waals surface area contributed by atoms with Gasteiger partial charge in [0.25, 0.3) is 0 Å². The summed E-state index contributed by atoms with van der Waals surface area (Å²) in [5.41, 5.74) is 6.79. The van der Waals surface area contributed by atoms with Crippen molar-refractivity contribution in [2.75, 3.05) is 6.54 Å². The van der Waals surface area contributed by atoms with Gasteiger partial charge >= 0.3 is 4.94 Å². The Morgan fingerprint density at radius 1 is 1.56 bits per heavy atom. The van der Waals surface area contributed by atoms with Crippen molar-refractivity contribution in [2.24, 2.45) is 5.73 Å². The molecule has 4 nitrogen and oxygen atoms in total. The van der Waals surface area contributed by atoms with E-state index in [1.165, 1.54) is 0 Å². The van der Waals surface area contributed by atoms with Crippen molar-refractivity contribution in [3.05, 3.63) is 27.4 Å². The first-order valence-corrected chi connectivity index (χ1v) is 5.90. The van der Waals surface area contributed by atoms with E-state index in [0.717, 1.165) is 23.3 Å². The van der Waals surface area contributed by atoms with Crippen molar-refractivity contribution in [1.82, 2.24) is 0 Å². The molecule has 1 aromatic heterocycles. The second-order valence-corrected chi connectivity index (χ2v) is 4.77. The Kier molecular flexibility index (Phi) is 2.98. The summed E-state index contributed by atoms with van der Waals surface area (Å²) in [7, 11) is 0. The summed E-state index contributed by atoms with van der Waals surface area (Å²) >= 11 is 0.993. The molecule has 0 aliphatic heterocycles. The third-order valence-electron chi connectivity index (χ3n) is 2.61. The Bertz CT molecular complexity index is 558. The minimum atomic E-state index is -0.349. The van der Waals surface area contributed by atoms with E-state index in [4.69, 9.17) is 10.2 Å². The number of phenolic OH excluding ortho intramolecular Hbond substituents is 1. The van der Waals surface area contributed by atoms with Crippen LogP contribution in [0.5, 0.6) is 5.75 Å². The van der Waals surface area contributed by atoms with Gasteiger partial charge in [-0.1, -0.05) is 18.3 Å². The maximum Gasteiger partial charge on any atom is 0.396 e. The molecule has 1 atom stereocenters. The zero-order chi connectivity index (χ0) is 11.7. The second kappa shape index (κ2) is 4.27. The van der Waals surface area contributed by atoms with Crippen LogP contribution in [0.3, 0.4) is 0 Å². The molecule has 0 aliphatic rings. The van der Waals surface area contributed by atoms with Crippen LogP contribution in [0, 0.1) is 0 Å².